The van der Waals surface area contributed by atoms with Crippen molar-refractivity contribution in [2.24, 2.45) is 0 Å². The monoisotopic (exact) mass is 468 g/mol. The molecule has 0 radical (unpaired) electrons. The van der Waals surface area contributed by atoms with Gasteiger partial charge in [0.25, 0.3) is 5.91 Å². The van der Waals surface area contributed by atoms with Crippen molar-refractivity contribution in [1.29, 1.82) is 0 Å². The molecule has 0 aliphatic carbocycles. The van der Waals surface area contributed by atoms with Crippen molar-refractivity contribution in [3.8, 4) is 11.5 Å². The summed E-state index contributed by atoms with van der Waals surface area (Å²) in [4.78, 5) is 17.3. The number of amides is 1. The standard InChI is InChI=1S/C28H28N4O3/c1-18-21-6-5-20(17-24(21)32(31-18)16-12-19-10-14-29-15-11-19)30-27(33)23-7-8-25-22(26(23)34-4)9-13-28(2,3)35-25/h5-11,13-15,17H,12,16H2,1-4H3,(H,30,33). The Kier molecular flexibility index (Phi) is 5.76. The van der Waals surface area contributed by atoms with Crippen LogP contribution in [0.25, 0.3) is 17.0 Å². The molecule has 0 fully saturated rings. The third-order valence-electron chi connectivity index (χ3n) is 6.19. The number of benzene rings is 2. The van der Waals surface area contributed by atoms with E-state index in [2.05, 4.69) is 10.3 Å². The van der Waals surface area contributed by atoms with Crippen LogP contribution in [0.15, 0.2) is 60.9 Å². The molecular formula is C28H28N4O3. The molecule has 7 nitrogen and oxygen atoms in total. The molecule has 1 amide bonds. The molecule has 0 saturated carbocycles. The van der Waals surface area contributed by atoms with E-state index in [9.17, 15) is 4.79 Å². The molecule has 0 unspecified atom stereocenters. The molecule has 35 heavy (non-hydrogen) atoms. The normalized spacial score (nSPS) is 13.8. The number of methoxy groups -OCH3 is 1. The number of aromatic nitrogens is 3. The number of carbonyl (C=O) groups excluding carboxylic acids is 1. The predicted molar refractivity (Wildman–Crippen MR) is 137 cm³/mol. The van der Waals surface area contributed by atoms with E-state index in [1.807, 2.05) is 74.0 Å². The molecule has 7 heteroatoms. The number of hydrogen-bond donors (Lipinski definition) is 1. The van der Waals surface area contributed by atoms with E-state index in [1.165, 1.54) is 5.56 Å². The van der Waals surface area contributed by atoms with E-state index in [4.69, 9.17) is 14.6 Å². The number of pyridine rings is 1. The smallest absolute Gasteiger partial charge is 0.259 e. The third-order valence-corrected chi connectivity index (χ3v) is 6.19. The summed E-state index contributed by atoms with van der Waals surface area (Å²) < 4.78 is 13.6. The van der Waals surface area contributed by atoms with Crippen LogP contribution < -0.4 is 14.8 Å². The fourth-order valence-corrected chi connectivity index (χ4v) is 4.40. The number of carbonyl (C=O) groups is 1. The molecule has 0 atom stereocenters. The third kappa shape index (κ3) is 4.49. The fourth-order valence-electron chi connectivity index (χ4n) is 4.40. The summed E-state index contributed by atoms with van der Waals surface area (Å²) in [6.45, 7) is 6.70. The maximum atomic E-state index is 13.3. The van der Waals surface area contributed by atoms with Gasteiger partial charge in [-0.2, -0.15) is 5.10 Å². The van der Waals surface area contributed by atoms with Gasteiger partial charge in [0.1, 0.15) is 17.1 Å². The van der Waals surface area contributed by atoms with Gasteiger partial charge >= 0.3 is 0 Å². The lowest BCUT2D eigenvalue weighted by Gasteiger charge is -2.29. The zero-order valence-electron chi connectivity index (χ0n) is 20.3. The van der Waals surface area contributed by atoms with Crippen LogP contribution in [0.3, 0.4) is 0 Å². The van der Waals surface area contributed by atoms with Gasteiger partial charge in [-0.15, -0.1) is 0 Å². The SMILES string of the molecule is COc1c(C(=O)Nc2ccc3c(C)nn(CCc4ccncc4)c3c2)ccc2c1C=CC(C)(C)O2. The second-order valence-electron chi connectivity index (χ2n) is 9.20. The maximum absolute atomic E-state index is 13.3. The molecular weight excluding hydrogens is 440 g/mol. The molecule has 1 N–H and O–H groups in total. The second kappa shape index (κ2) is 8.91. The molecule has 4 aromatic rings. The van der Waals surface area contributed by atoms with Gasteiger partial charge in [-0.3, -0.25) is 14.5 Å². The first-order valence-corrected chi connectivity index (χ1v) is 11.6. The van der Waals surface area contributed by atoms with Crippen LogP contribution in [0, 0.1) is 6.92 Å². The highest BCUT2D eigenvalue weighted by Gasteiger charge is 2.26. The van der Waals surface area contributed by atoms with E-state index in [0.29, 0.717) is 22.7 Å². The number of anilines is 1. The summed E-state index contributed by atoms with van der Waals surface area (Å²) in [5, 5.41) is 8.81. The summed E-state index contributed by atoms with van der Waals surface area (Å²) in [5.41, 5.74) is 4.63. The summed E-state index contributed by atoms with van der Waals surface area (Å²) >= 11 is 0. The largest absolute Gasteiger partial charge is 0.495 e. The average Bonchev–Trinajstić information content (AvgIpc) is 3.16. The quantitative estimate of drug-likeness (QED) is 0.408. The van der Waals surface area contributed by atoms with Gasteiger partial charge in [0.15, 0.2) is 0 Å². The Morgan fingerprint density at radius 3 is 2.71 bits per heavy atom. The van der Waals surface area contributed by atoms with Gasteiger partial charge in [-0.25, -0.2) is 0 Å². The van der Waals surface area contributed by atoms with Crippen LogP contribution in [-0.4, -0.2) is 33.4 Å². The highest BCUT2D eigenvalue weighted by molar-refractivity contribution is 6.08. The zero-order chi connectivity index (χ0) is 24.6. The van der Waals surface area contributed by atoms with Gasteiger partial charge in [0.05, 0.1) is 29.4 Å². The van der Waals surface area contributed by atoms with E-state index < -0.39 is 5.60 Å². The van der Waals surface area contributed by atoms with Crippen LogP contribution in [0.1, 0.15) is 41.0 Å². The molecule has 2 aromatic heterocycles. The van der Waals surface area contributed by atoms with Crippen LogP contribution in [-0.2, 0) is 13.0 Å². The van der Waals surface area contributed by atoms with Gasteiger partial charge in [-0.05, 0) is 87.4 Å². The lowest BCUT2D eigenvalue weighted by molar-refractivity contribution is 0.102. The minimum Gasteiger partial charge on any atom is -0.495 e. The van der Waals surface area contributed by atoms with E-state index in [0.717, 1.165) is 35.1 Å². The Bertz CT molecular complexity index is 1440. The summed E-state index contributed by atoms with van der Waals surface area (Å²) in [7, 11) is 1.57. The van der Waals surface area contributed by atoms with Crippen molar-refractivity contribution in [3.63, 3.8) is 0 Å². The molecule has 2 aromatic carbocycles. The average molecular weight is 469 g/mol. The minimum atomic E-state index is -0.407. The zero-order valence-corrected chi connectivity index (χ0v) is 20.3. The molecule has 0 saturated heterocycles. The Morgan fingerprint density at radius 1 is 1.14 bits per heavy atom. The van der Waals surface area contributed by atoms with Crippen LogP contribution >= 0.6 is 0 Å². The van der Waals surface area contributed by atoms with Crippen LogP contribution in [0.2, 0.25) is 0 Å². The van der Waals surface area contributed by atoms with E-state index in [-0.39, 0.29) is 5.91 Å². The lowest BCUT2D eigenvalue weighted by Crippen LogP contribution is -2.28. The molecule has 5 rings (SSSR count). The van der Waals surface area contributed by atoms with Crippen molar-refractivity contribution in [2.75, 3.05) is 12.4 Å². The number of hydrogen-bond acceptors (Lipinski definition) is 5. The molecule has 3 heterocycles. The Balaban J connectivity index is 1.41. The van der Waals surface area contributed by atoms with Crippen molar-refractivity contribution in [1.82, 2.24) is 14.8 Å². The summed E-state index contributed by atoms with van der Waals surface area (Å²) in [6.07, 6.45) is 8.35. The topological polar surface area (TPSA) is 78.3 Å². The first kappa shape index (κ1) is 22.7. The van der Waals surface area contributed by atoms with Crippen LogP contribution in [0.4, 0.5) is 5.69 Å². The Hall–Kier alpha value is -4.13. The van der Waals surface area contributed by atoms with Crippen molar-refractivity contribution < 1.29 is 14.3 Å². The lowest BCUT2D eigenvalue weighted by atomic mass is 9.99. The van der Waals surface area contributed by atoms with Gasteiger partial charge < -0.3 is 14.8 Å². The van der Waals surface area contributed by atoms with Crippen molar-refractivity contribution >= 4 is 28.6 Å². The van der Waals surface area contributed by atoms with Gasteiger partial charge in [0, 0.05) is 30.0 Å². The molecule has 1 aliphatic rings. The molecule has 0 spiro atoms. The van der Waals surface area contributed by atoms with Crippen LogP contribution in [0.5, 0.6) is 11.5 Å². The number of aryl methyl sites for hydroxylation is 3. The number of nitrogens with zero attached hydrogens (tertiary/aromatic N) is 3. The number of rotatable bonds is 6. The second-order valence-corrected chi connectivity index (χ2v) is 9.20. The maximum Gasteiger partial charge on any atom is 0.259 e. The fraction of sp³-hybridized carbons (Fsp3) is 0.250. The highest BCUT2D eigenvalue weighted by Crippen LogP contribution is 2.39. The summed E-state index contributed by atoms with van der Waals surface area (Å²) in [5.74, 6) is 0.939. The first-order chi connectivity index (χ1) is 16.8. The number of nitrogens with one attached hydrogen (secondary N) is 1. The number of fused-ring (bicyclic) bond motifs is 2. The van der Waals surface area contributed by atoms with E-state index in [1.54, 1.807) is 25.6 Å². The molecule has 1 aliphatic heterocycles. The molecule has 0 bridgehead atoms. The first-order valence-electron chi connectivity index (χ1n) is 11.6. The highest BCUT2D eigenvalue weighted by atomic mass is 16.5. The van der Waals surface area contributed by atoms with Gasteiger partial charge in [-0.1, -0.05) is 0 Å². The summed E-state index contributed by atoms with van der Waals surface area (Å²) in [6, 6.07) is 13.4. The Labute approximate surface area is 204 Å². The minimum absolute atomic E-state index is 0.248. The van der Waals surface area contributed by atoms with Crippen molar-refractivity contribution in [3.05, 3.63) is 83.3 Å². The molecule has 178 valence electrons. The van der Waals surface area contributed by atoms with E-state index >= 15 is 0 Å². The Morgan fingerprint density at radius 2 is 1.94 bits per heavy atom. The number of ether oxygens (including phenoxy) is 2. The van der Waals surface area contributed by atoms with Gasteiger partial charge in [0.2, 0.25) is 0 Å². The predicted octanol–water partition coefficient (Wildman–Crippen LogP) is 5.43. The van der Waals surface area contributed by atoms with Crippen molar-refractivity contribution in [2.45, 2.75) is 39.3 Å².